The fourth-order valence-electron chi connectivity index (χ4n) is 2.84. The molecule has 1 atom stereocenters. The lowest BCUT2D eigenvalue weighted by Crippen LogP contribution is -2.33. The minimum Gasteiger partial charge on any atom is -0.406 e. The van der Waals surface area contributed by atoms with Crippen LogP contribution in [0.3, 0.4) is 0 Å². The molecule has 1 N–H and O–H groups in total. The zero-order chi connectivity index (χ0) is 15.7. The Morgan fingerprint density at radius 3 is 2.57 bits per heavy atom. The van der Waals surface area contributed by atoms with E-state index in [0.29, 0.717) is 24.1 Å². The molecule has 1 heterocycles. The van der Waals surface area contributed by atoms with Crippen molar-refractivity contribution in [2.45, 2.75) is 51.3 Å². The van der Waals surface area contributed by atoms with Gasteiger partial charge in [-0.1, -0.05) is 26.7 Å². The van der Waals surface area contributed by atoms with Gasteiger partial charge in [-0.3, -0.25) is 4.79 Å². The normalized spacial score (nSPS) is 21.1. The van der Waals surface area contributed by atoms with Crippen molar-refractivity contribution < 1.29 is 22.7 Å². The Bertz CT molecular complexity index is 542. The van der Waals surface area contributed by atoms with E-state index in [-0.39, 0.29) is 11.7 Å². The molecule has 1 amide bonds. The zero-order valence-electron chi connectivity index (χ0n) is 12.0. The van der Waals surface area contributed by atoms with Crippen LogP contribution in [-0.2, 0) is 10.2 Å². The molecule has 21 heavy (non-hydrogen) atoms. The number of benzene rings is 1. The number of carbonyl (C=O) groups excluding carboxylic acids is 1. The van der Waals surface area contributed by atoms with Crippen LogP contribution in [0.25, 0.3) is 0 Å². The summed E-state index contributed by atoms with van der Waals surface area (Å²) in [4.78, 5) is 12.3. The second kappa shape index (κ2) is 5.58. The molecule has 1 aromatic rings. The molecule has 0 saturated heterocycles. The van der Waals surface area contributed by atoms with E-state index in [2.05, 4.69) is 10.1 Å². The van der Waals surface area contributed by atoms with Crippen molar-refractivity contribution in [2.75, 3.05) is 5.32 Å². The van der Waals surface area contributed by atoms with E-state index in [1.807, 2.05) is 13.8 Å². The number of carbonyl (C=O) groups is 1. The van der Waals surface area contributed by atoms with Gasteiger partial charge >= 0.3 is 6.36 Å². The summed E-state index contributed by atoms with van der Waals surface area (Å²) in [5, 5.41) is 2.76. The summed E-state index contributed by atoms with van der Waals surface area (Å²) in [7, 11) is 0. The number of halogens is 3. The van der Waals surface area contributed by atoms with Gasteiger partial charge in [-0.05, 0) is 36.6 Å². The number of fused-ring (bicyclic) bond motifs is 1. The summed E-state index contributed by atoms with van der Waals surface area (Å²) < 4.78 is 41.0. The molecule has 0 aromatic heterocycles. The quantitative estimate of drug-likeness (QED) is 0.876. The minimum absolute atomic E-state index is 0.141. The second-order valence-electron chi connectivity index (χ2n) is 5.25. The Morgan fingerprint density at radius 2 is 2.00 bits per heavy atom. The highest BCUT2D eigenvalue weighted by molar-refractivity contribution is 6.06. The van der Waals surface area contributed by atoms with Crippen LogP contribution in [0, 0.1) is 0 Å². The maximum absolute atomic E-state index is 12.3. The topological polar surface area (TPSA) is 38.3 Å². The Labute approximate surface area is 121 Å². The van der Waals surface area contributed by atoms with Gasteiger partial charge in [0.2, 0.25) is 5.91 Å². The van der Waals surface area contributed by atoms with Crippen molar-refractivity contribution in [1.82, 2.24) is 0 Å². The van der Waals surface area contributed by atoms with Gasteiger partial charge in [0, 0.05) is 5.69 Å². The van der Waals surface area contributed by atoms with Crippen LogP contribution in [0.5, 0.6) is 5.75 Å². The summed E-state index contributed by atoms with van der Waals surface area (Å²) in [6.45, 7) is 3.89. The lowest BCUT2D eigenvalue weighted by atomic mass is 9.75. The van der Waals surface area contributed by atoms with E-state index in [1.165, 1.54) is 18.2 Å². The van der Waals surface area contributed by atoms with Crippen molar-refractivity contribution >= 4 is 11.6 Å². The summed E-state index contributed by atoms with van der Waals surface area (Å²) in [6, 6.07) is 4.02. The molecule has 0 fully saturated rings. The number of rotatable bonds is 5. The SMILES string of the molecule is CCCCC1(CC)C(=O)Nc2ccc(OC(F)(F)F)cc21. The highest BCUT2D eigenvalue weighted by Crippen LogP contribution is 2.45. The molecule has 6 heteroatoms. The van der Waals surface area contributed by atoms with Crippen LogP contribution >= 0.6 is 0 Å². The molecule has 2 rings (SSSR count). The summed E-state index contributed by atoms with van der Waals surface area (Å²) in [5.74, 6) is -0.426. The molecule has 0 aliphatic carbocycles. The first-order chi connectivity index (χ1) is 9.82. The van der Waals surface area contributed by atoms with E-state index in [9.17, 15) is 18.0 Å². The van der Waals surface area contributed by atoms with Crippen molar-refractivity contribution in [1.29, 1.82) is 0 Å². The number of anilines is 1. The second-order valence-corrected chi connectivity index (χ2v) is 5.25. The first-order valence-corrected chi connectivity index (χ1v) is 7.04. The van der Waals surface area contributed by atoms with Gasteiger partial charge in [0.15, 0.2) is 0 Å². The molecule has 3 nitrogen and oxygen atoms in total. The standard InChI is InChI=1S/C15H18F3NO2/c1-3-5-8-14(4-2)11-9-10(21-15(16,17)18)6-7-12(11)19-13(14)20/h6-7,9H,3-5,8H2,1-2H3,(H,19,20). The smallest absolute Gasteiger partial charge is 0.406 e. The molecule has 116 valence electrons. The Balaban J connectivity index is 2.40. The number of amides is 1. The Hall–Kier alpha value is -1.72. The average molecular weight is 301 g/mol. The molecule has 1 aliphatic rings. The lowest BCUT2D eigenvalue weighted by Gasteiger charge is -2.26. The van der Waals surface area contributed by atoms with Gasteiger partial charge in [-0.2, -0.15) is 0 Å². The van der Waals surface area contributed by atoms with Crippen LogP contribution in [0.1, 0.15) is 45.1 Å². The average Bonchev–Trinajstić information content (AvgIpc) is 2.67. The molecule has 0 bridgehead atoms. The molecule has 0 saturated carbocycles. The van der Waals surface area contributed by atoms with E-state index < -0.39 is 11.8 Å². The molecule has 0 spiro atoms. The highest BCUT2D eigenvalue weighted by atomic mass is 19.4. The van der Waals surface area contributed by atoms with E-state index in [0.717, 1.165) is 12.8 Å². The fraction of sp³-hybridized carbons (Fsp3) is 0.533. The van der Waals surface area contributed by atoms with Crippen molar-refractivity contribution in [3.8, 4) is 5.75 Å². The van der Waals surface area contributed by atoms with Crippen LogP contribution in [0.4, 0.5) is 18.9 Å². The first-order valence-electron chi connectivity index (χ1n) is 7.04. The summed E-state index contributed by atoms with van der Waals surface area (Å²) in [5.41, 5.74) is 0.425. The van der Waals surface area contributed by atoms with Crippen LogP contribution < -0.4 is 10.1 Å². The number of ether oxygens (including phenoxy) is 1. The fourth-order valence-corrected chi connectivity index (χ4v) is 2.84. The monoisotopic (exact) mass is 301 g/mol. The van der Waals surface area contributed by atoms with E-state index in [1.54, 1.807) is 0 Å². The lowest BCUT2D eigenvalue weighted by molar-refractivity contribution is -0.274. The Morgan fingerprint density at radius 1 is 1.29 bits per heavy atom. The third-order valence-corrected chi connectivity index (χ3v) is 3.98. The summed E-state index contributed by atoms with van der Waals surface area (Å²) in [6.07, 6.45) is -1.81. The molecule has 1 aromatic carbocycles. The van der Waals surface area contributed by atoms with Gasteiger partial charge < -0.3 is 10.1 Å². The molecule has 1 unspecified atom stereocenters. The van der Waals surface area contributed by atoms with Gasteiger partial charge in [-0.25, -0.2) is 0 Å². The third kappa shape index (κ3) is 2.99. The molecular formula is C15H18F3NO2. The first kappa shape index (κ1) is 15.7. The van der Waals surface area contributed by atoms with Crippen LogP contribution in [-0.4, -0.2) is 12.3 Å². The maximum atomic E-state index is 12.3. The van der Waals surface area contributed by atoms with Gasteiger partial charge in [-0.15, -0.1) is 13.2 Å². The predicted octanol–water partition coefficient (Wildman–Crippen LogP) is 4.38. The van der Waals surface area contributed by atoms with Gasteiger partial charge in [0.05, 0.1) is 5.41 Å². The third-order valence-electron chi connectivity index (χ3n) is 3.98. The number of nitrogens with one attached hydrogen (secondary N) is 1. The van der Waals surface area contributed by atoms with Crippen LogP contribution in [0.2, 0.25) is 0 Å². The number of hydrogen-bond donors (Lipinski definition) is 1. The maximum Gasteiger partial charge on any atom is 0.573 e. The van der Waals surface area contributed by atoms with Crippen molar-refractivity contribution in [3.63, 3.8) is 0 Å². The highest BCUT2D eigenvalue weighted by Gasteiger charge is 2.45. The van der Waals surface area contributed by atoms with Gasteiger partial charge in [0.25, 0.3) is 0 Å². The van der Waals surface area contributed by atoms with Gasteiger partial charge in [0.1, 0.15) is 5.75 Å². The van der Waals surface area contributed by atoms with E-state index >= 15 is 0 Å². The number of alkyl halides is 3. The molecule has 1 aliphatic heterocycles. The summed E-state index contributed by atoms with van der Waals surface area (Å²) >= 11 is 0. The largest absolute Gasteiger partial charge is 0.573 e. The number of hydrogen-bond acceptors (Lipinski definition) is 2. The van der Waals surface area contributed by atoms with E-state index in [4.69, 9.17) is 0 Å². The van der Waals surface area contributed by atoms with Crippen molar-refractivity contribution in [2.24, 2.45) is 0 Å². The Kier molecular flexibility index (Phi) is 4.16. The zero-order valence-corrected chi connectivity index (χ0v) is 12.0. The number of unbranched alkanes of at least 4 members (excludes halogenated alkanes) is 1. The van der Waals surface area contributed by atoms with Crippen LogP contribution in [0.15, 0.2) is 18.2 Å². The minimum atomic E-state index is -4.73. The molecular weight excluding hydrogens is 283 g/mol. The molecule has 0 radical (unpaired) electrons. The van der Waals surface area contributed by atoms with Crippen molar-refractivity contribution in [3.05, 3.63) is 23.8 Å². The predicted molar refractivity (Wildman–Crippen MR) is 73.2 cm³/mol.